The van der Waals surface area contributed by atoms with Crippen molar-refractivity contribution >= 4 is 23.0 Å². The number of rotatable bonds is 6. The number of carbonyl (C=O) groups excluding carboxylic acids is 1. The van der Waals surface area contributed by atoms with Crippen molar-refractivity contribution in [2.24, 2.45) is 0 Å². The molecule has 2 N–H and O–H groups in total. The molecule has 6 heteroatoms. The number of benzene rings is 2. The van der Waals surface area contributed by atoms with E-state index in [2.05, 4.69) is 33.8 Å². The van der Waals surface area contributed by atoms with Crippen LogP contribution in [0.1, 0.15) is 21.6 Å². The van der Waals surface area contributed by atoms with Gasteiger partial charge in [0.15, 0.2) is 0 Å². The van der Waals surface area contributed by atoms with Crippen LogP contribution in [0.25, 0.3) is 0 Å². The molecule has 0 fully saturated rings. The van der Waals surface area contributed by atoms with Crippen molar-refractivity contribution < 1.29 is 14.3 Å². The molecule has 1 aromatic heterocycles. The van der Waals surface area contributed by atoms with Gasteiger partial charge in [0.1, 0.15) is 17.2 Å². The number of amides is 1. The van der Waals surface area contributed by atoms with Gasteiger partial charge < -0.3 is 20.1 Å². The number of nitrogens with one attached hydrogen (secondary N) is 2. The first-order chi connectivity index (χ1) is 13.5. The Morgan fingerprint density at radius 3 is 2.43 bits per heavy atom. The van der Waals surface area contributed by atoms with E-state index >= 15 is 0 Å². The zero-order chi connectivity index (χ0) is 20.1. The minimum atomic E-state index is -0.329. The van der Waals surface area contributed by atoms with Crippen LogP contribution in [0.15, 0.2) is 54.7 Å². The highest BCUT2D eigenvalue weighted by molar-refractivity contribution is 6.04. The van der Waals surface area contributed by atoms with Crippen LogP contribution in [-0.2, 0) is 0 Å². The zero-order valence-electron chi connectivity index (χ0n) is 16.4. The third-order valence-corrected chi connectivity index (χ3v) is 4.32. The SMILES string of the molecule is COc1ccc(OC)c(NC(=O)c2ccc(Nc3cc(C)ccc3C)cn2)c1. The van der Waals surface area contributed by atoms with Crippen molar-refractivity contribution in [2.45, 2.75) is 13.8 Å². The van der Waals surface area contributed by atoms with Gasteiger partial charge >= 0.3 is 0 Å². The molecule has 28 heavy (non-hydrogen) atoms. The van der Waals surface area contributed by atoms with Crippen LogP contribution in [-0.4, -0.2) is 25.1 Å². The number of anilines is 3. The normalized spacial score (nSPS) is 10.3. The third-order valence-electron chi connectivity index (χ3n) is 4.32. The Bertz CT molecular complexity index is 985. The minimum Gasteiger partial charge on any atom is -0.497 e. The summed E-state index contributed by atoms with van der Waals surface area (Å²) in [5.41, 5.74) is 4.95. The van der Waals surface area contributed by atoms with Crippen LogP contribution >= 0.6 is 0 Å². The summed E-state index contributed by atoms with van der Waals surface area (Å²) in [6.45, 7) is 4.09. The topological polar surface area (TPSA) is 72.5 Å². The standard InChI is InChI=1S/C22H23N3O3/c1-14-5-6-15(2)19(11-14)24-16-7-9-18(23-13-16)22(26)25-20-12-17(27-3)8-10-21(20)28-4/h5-13,24H,1-4H3,(H,25,26). The molecule has 3 rings (SSSR count). The van der Waals surface area contributed by atoms with E-state index in [9.17, 15) is 4.79 Å². The van der Waals surface area contributed by atoms with Crippen molar-refractivity contribution in [3.63, 3.8) is 0 Å². The summed E-state index contributed by atoms with van der Waals surface area (Å²) in [6, 6.07) is 14.9. The maximum atomic E-state index is 12.6. The molecule has 0 unspecified atom stereocenters. The summed E-state index contributed by atoms with van der Waals surface area (Å²) in [7, 11) is 3.11. The molecule has 0 aliphatic heterocycles. The van der Waals surface area contributed by atoms with E-state index in [-0.39, 0.29) is 5.91 Å². The number of hydrogen-bond donors (Lipinski definition) is 2. The van der Waals surface area contributed by atoms with Crippen LogP contribution < -0.4 is 20.1 Å². The number of carbonyl (C=O) groups is 1. The molecule has 0 bridgehead atoms. The predicted octanol–water partition coefficient (Wildman–Crippen LogP) is 4.71. The third kappa shape index (κ3) is 4.40. The van der Waals surface area contributed by atoms with Gasteiger partial charge in [-0.25, -0.2) is 4.98 Å². The van der Waals surface area contributed by atoms with Gasteiger partial charge in [-0.3, -0.25) is 4.79 Å². The van der Waals surface area contributed by atoms with E-state index in [1.54, 1.807) is 44.7 Å². The number of hydrogen-bond acceptors (Lipinski definition) is 5. The lowest BCUT2D eigenvalue weighted by atomic mass is 10.1. The van der Waals surface area contributed by atoms with Crippen molar-refractivity contribution in [1.82, 2.24) is 4.98 Å². The molecular weight excluding hydrogens is 354 g/mol. The second-order valence-electron chi connectivity index (χ2n) is 6.40. The molecule has 3 aromatic rings. The Hall–Kier alpha value is -3.54. The van der Waals surface area contributed by atoms with E-state index in [0.29, 0.717) is 22.9 Å². The van der Waals surface area contributed by atoms with Crippen LogP contribution in [0.4, 0.5) is 17.1 Å². The maximum Gasteiger partial charge on any atom is 0.274 e. The summed E-state index contributed by atoms with van der Waals surface area (Å²) in [6.07, 6.45) is 1.64. The lowest BCUT2D eigenvalue weighted by Crippen LogP contribution is -2.14. The number of methoxy groups -OCH3 is 2. The van der Waals surface area contributed by atoms with E-state index in [4.69, 9.17) is 9.47 Å². The van der Waals surface area contributed by atoms with Crippen LogP contribution in [0.5, 0.6) is 11.5 Å². The summed E-state index contributed by atoms with van der Waals surface area (Å²) >= 11 is 0. The minimum absolute atomic E-state index is 0.302. The molecule has 0 aliphatic rings. The first kappa shape index (κ1) is 19.2. The smallest absolute Gasteiger partial charge is 0.274 e. The summed E-state index contributed by atoms with van der Waals surface area (Å²) < 4.78 is 10.5. The molecule has 0 aliphatic carbocycles. The Balaban J connectivity index is 1.74. The molecule has 0 spiro atoms. The Morgan fingerprint density at radius 1 is 0.929 bits per heavy atom. The molecule has 6 nitrogen and oxygen atoms in total. The van der Waals surface area contributed by atoms with Gasteiger partial charge in [0, 0.05) is 11.8 Å². The molecule has 144 valence electrons. The van der Waals surface area contributed by atoms with Gasteiger partial charge in [0.2, 0.25) is 0 Å². The van der Waals surface area contributed by atoms with Gasteiger partial charge in [-0.1, -0.05) is 12.1 Å². The number of aryl methyl sites for hydroxylation is 2. The highest BCUT2D eigenvalue weighted by Gasteiger charge is 2.12. The average Bonchev–Trinajstić information content (AvgIpc) is 2.71. The van der Waals surface area contributed by atoms with Gasteiger partial charge in [-0.15, -0.1) is 0 Å². The van der Waals surface area contributed by atoms with E-state index < -0.39 is 0 Å². The number of pyridine rings is 1. The fraction of sp³-hybridized carbons (Fsp3) is 0.182. The Kier molecular flexibility index (Phi) is 5.79. The van der Waals surface area contributed by atoms with Gasteiger partial charge in [0.25, 0.3) is 5.91 Å². The van der Waals surface area contributed by atoms with Gasteiger partial charge in [0.05, 0.1) is 31.8 Å². The van der Waals surface area contributed by atoms with Crippen molar-refractivity contribution in [3.8, 4) is 11.5 Å². The predicted molar refractivity (Wildman–Crippen MR) is 111 cm³/mol. The summed E-state index contributed by atoms with van der Waals surface area (Å²) in [5.74, 6) is 0.837. The average molecular weight is 377 g/mol. The fourth-order valence-corrected chi connectivity index (χ4v) is 2.73. The molecular formula is C22H23N3O3. The zero-order valence-corrected chi connectivity index (χ0v) is 16.4. The maximum absolute atomic E-state index is 12.6. The van der Waals surface area contributed by atoms with Crippen LogP contribution in [0.3, 0.4) is 0 Å². The van der Waals surface area contributed by atoms with Crippen molar-refractivity contribution in [3.05, 3.63) is 71.5 Å². The monoisotopic (exact) mass is 377 g/mol. The van der Waals surface area contributed by atoms with Crippen LogP contribution in [0, 0.1) is 13.8 Å². The number of ether oxygens (including phenoxy) is 2. The molecule has 0 atom stereocenters. The second-order valence-corrected chi connectivity index (χ2v) is 6.40. The lowest BCUT2D eigenvalue weighted by molar-refractivity contribution is 0.102. The van der Waals surface area contributed by atoms with E-state index in [1.807, 2.05) is 19.9 Å². The molecule has 0 saturated heterocycles. The fourth-order valence-electron chi connectivity index (χ4n) is 2.73. The van der Waals surface area contributed by atoms with E-state index in [0.717, 1.165) is 16.9 Å². The largest absolute Gasteiger partial charge is 0.497 e. The Labute approximate surface area is 164 Å². The summed E-state index contributed by atoms with van der Waals surface area (Å²) in [4.78, 5) is 16.8. The summed E-state index contributed by atoms with van der Waals surface area (Å²) in [5, 5.41) is 6.14. The quantitative estimate of drug-likeness (QED) is 0.651. The molecule has 0 saturated carbocycles. The molecule has 0 radical (unpaired) electrons. The molecule has 1 heterocycles. The lowest BCUT2D eigenvalue weighted by Gasteiger charge is -2.12. The van der Waals surface area contributed by atoms with Gasteiger partial charge in [-0.05, 0) is 55.3 Å². The molecule has 1 amide bonds. The number of nitrogens with zero attached hydrogens (tertiary/aromatic N) is 1. The first-order valence-electron chi connectivity index (χ1n) is 8.84. The highest BCUT2D eigenvalue weighted by Crippen LogP contribution is 2.29. The van der Waals surface area contributed by atoms with E-state index in [1.165, 1.54) is 5.56 Å². The van der Waals surface area contributed by atoms with Gasteiger partial charge in [-0.2, -0.15) is 0 Å². The molecule has 2 aromatic carbocycles. The highest BCUT2D eigenvalue weighted by atomic mass is 16.5. The Morgan fingerprint density at radius 2 is 1.75 bits per heavy atom. The van der Waals surface area contributed by atoms with Crippen LogP contribution in [0.2, 0.25) is 0 Å². The second kappa shape index (κ2) is 8.43. The first-order valence-corrected chi connectivity index (χ1v) is 8.84. The van der Waals surface area contributed by atoms with Crippen molar-refractivity contribution in [1.29, 1.82) is 0 Å². The van der Waals surface area contributed by atoms with Crippen molar-refractivity contribution in [2.75, 3.05) is 24.9 Å². The number of aromatic nitrogens is 1.